The van der Waals surface area contributed by atoms with E-state index in [1.807, 2.05) is 51.2 Å². The Morgan fingerprint density at radius 2 is 2.06 bits per heavy atom. The number of allylic oxidation sites excluding steroid dienone is 9. The molecule has 2 heterocycles. The molecule has 0 aromatic carbocycles. The van der Waals surface area contributed by atoms with Crippen LogP contribution < -0.4 is 0 Å². The first kappa shape index (κ1) is 26.3. The maximum absolute atomic E-state index is 12.2. The number of halogens is 2. The molecule has 0 unspecified atom stereocenters. The molecule has 176 valence electrons. The molecule has 7 heteroatoms. The number of hydrogen-bond acceptors (Lipinski definition) is 4. The van der Waals surface area contributed by atoms with Gasteiger partial charge in [0.15, 0.2) is 12.0 Å². The summed E-state index contributed by atoms with van der Waals surface area (Å²) in [5.41, 5.74) is 5.10. The fourth-order valence-electron chi connectivity index (χ4n) is 3.50. The van der Waals surface area contributed by atoms with E-state index in [1.165, 1.54) is 0 Å². The summed E-state index contributed by atoms with van der Waals surface area (Å²) in [5, 5.41) is 8.73. The van der Waals surface area contributed by atoms with Gasteiger partial charge in [0, 0.05) is 17.2 Å². The molecule has 0 fully saturated rings. The molecule has 0 aliphatic rings. The third-order valence-electron chi connectivity index (χ3n) is 5.22. The van der Waals surface area contributed by atoms with Crippen LogP contribution in [0.4, 0.5) is 4.39 Å². The molecule has 33 heavy (non-hydrogen) atoms. The van der Waals surface area contributed by atoms with Crippen molar-refractivity contribution in [2.45, 2.75) is 46.5 Å². The third kappa shape index (κ3) is 6.51. The van der Waals surface area contributed by atoms with E-state index in [0.717, 1.165) is 35.2 Å². The number of carbonyl (C=O) groups excluding carboxylic acids is 1. The number of aromatic nitrogens is 3. The van der Waals surface area contributed by atoms with Crippen LogP contribution in [0.2, 0.25) is 0 Å². The first-order chi connectivity index (χ1) is 16.0. The average Bonchev–Trinajstić information content (AvgIpc) is 3.41. The second-order valence-electron chi connectivity index (χ2n) is 7.36. The molecule has 2 aromatic heterocycles. The van der Waals surface area contributed by atoms with Gasteiger partial charge >= 0.3 is 0 Å². The molecule has 0 saturated carbocycles. The van der Waals surface area contributed by atoms with Crippen molar-refractivity contribution in [3.05, 3.63) is 71.8 Å². The SMILES string of the molecule is C=CC/C=C(\C(=C/CCl)CC)c1noc(-c2cnn(/C(C)=C/C/C=C\CCF)c2C)c1C=O. The van der Waals surface area contributed by atoms with Gasteiger partial charge in [-0.3, -0.25) is 9.18 Å². The topological polar surface area (TPSA) is 60.9 Å². The highest BCUT2D eigenvalue weighted by Crippen LogP contribution is 2.35. The Morgan fingerprint density at radius 1 is 1.27 bits per heavy atom. The lowest BCUT2D eigenvalue weighted by Gasteiger charge is -2.08. The van der Waals surface area contributed by atoms with E-state index in [2.05, 4.69) is 16.8 Å². The van der Waals surface area contributed by atoms with Crippen LogP contribution in [0.15, 0.2) is 59.3 Å². The highest BCUT2D eigenvalue weighted by atomic mass is 35.5. The molecule has 0 radical (unpaired) electrons. The number of aldehydes is 1. The predicted octanol–water partition coefficient (Wildman–Crippen LogP) is 7.36. The van der Waals surface area contributed by atoms with Crippen molar-refractivity contribution >= 4 is 29.2 Å². The highest BCUT2D eigenvalue weighted by Gasteiger charge is 2.24. The van der Waals surface area contributed by atoms with E-state index in [0.29, 0.717) is 47.7 Å². The molecular weight excluding hydrogens is 441 g/mol. The second kappa shape index (κ2) is 13.5. The molecule has 2 aromatic rings. The van der Waals surface area contributed by atoms with Gasteiger partial charge in [0.05, 0.1) is 29.7 Å². The minimum Gasteiger partial charge on any atom is -0.355 e. The van der Waals surface area contributed by atoms with E-state index in [1.54, 1.807) is 17.0 Å². The highest BCUT2D eigenvalue weighted by molar-refractivity contribution is 6.19. The van der Waals surface area contributed by atoms with Crippen molar-refractivity contribution < 1.29 is 13.7 Å². The van der Waals surface area contributed by atoms with Crippen molar-refractivity contribution in [3.8, 4) is 11.3 Å². The lowest BCUT2D eigenvalue weighted by atomic mass is 9.95. The maximum Gasteiger partial charge on any atom is 0.181 e. The van der Waals surface area contributed by atoms with Crippen LogP contribution in [0.25, 0.3) is 22.6 Å². The van der Waals surface area contributed by atoms with Crippen LogP contribution in [-0.2, 0) is 0 Å². The Morgan fingerprint density at radius 3 is 2.70 bits per heavy atom. The molecule has 0 atom stereocenters. The molecule has 0 aliphatic carbocycles. The first-order valence-corrected chi connectivity index (χ1v) is 11.5. The fraction of sp³-hybridized carbons (Fsp3) is 0.346. The van der Waals surface area contributed by atoms with Crippen molar-refractivity contribution in [1.29, 1.82) is 0 Å². The Labute approximate surface area is 200 Å². The Bertz CT molecular complexity index is 1070. The number of nitrogens with zero attached hydrogens (tertiary/aromatic N) is 3. The van der Waals surface area contributed by atoms with Crippen LogP contribution in [0, 0.1) is 6.92 Å². The minimum absolute atomic E-state index is 0.356. The zero-order chi connectivity index (χ0) is 24.2. The predicted molar refractivity (Wildman–Crippen MR) is 134 cm³/mol. The Balaban J connectivity index is 2.48. The molecule has 0 bridgehead atoms. The van der Waals surface area contributed by atoms with Gasteiger partial charge in [0.1, 0.15) is 5.69 Å². The van der Waals surface area contributed by atoms with Crippen LogP contribution in [0.5, 0.6) is 0 Å². The van der Waals surface area contributed by atoms with Gasteiger partial charge in [-0.2, -0.15) is 5.10 Å². The molecule has 2 rings (SSSR count). The molecule has 0 N–H and O–H groups in total. The maximum atomic E-state index is 12.2. The molecule has 0 spiro atoms. The van der Waals surface area contributed by atoms with E-state index in [-0.39, 0.29) is 6.67 Å². The summed E-state index contributed by atoms with van der Waals surface area (Å²) in [6.07, 6.45) is 16.3. The quantitative estimate of drug-likeness (QED) is 0.132. The zero-order valence-electron chi connectivity index (χ0n) is 19.5. The summed E-state index contributed by atoms with van der Waals surface area (Å²) in [7, 11) is 0. The van der Waals surface area contributed by atoms with Gasteiger partial charge in [-0.1, -0.05) is 48.5 Å². The number of rotatable bonds is 13. The van der Waals surface area contributed by atoms with E-state index >= 15 is 0 Å². The molecule has 0 amide bonds. The lowest BCUT2D eigenvalue weighted by Crippen LogP contribution is -1.99. The van der Waals surface area contributed by atoms with Gasteiger partial charge in [0.25, 0.3) is 0 Å². The summed E-state index contributed by atoms with van der Waals surface area (Å²) < 4.78 is 19.7. The van der Waals surface area contributed by atoms with Gasteiger partial charge in [-0.15, -0.1) is 18.2 Å². The van der Waals surface area contributed by atoms with Crippen LogP contribution in [0.1, 0.15) is 61.3 Å². The van der Waals surface area contributed by atoms with Crippen molar-refractivity contribution in [1.82, 2.24) is 14.9 Å². The third-order valence-corrected chi connectivity index (χ3v) is 5.37. The molecular formula is C26H31ClFN3O2. The number of alkyl halides is 2. The van der Waals surface area contributed by atoms with Crippen LogP contribution >= 0.6 is 11.6 Å². The van der Waals surface area contributed by atoms with Gasteiger partial charge < -0.3 is 4.52 Å². The van der Waals surface area contributed by atoms with Crippen molar-refractivity contribution in [3.63, 3.8) is 0 Å². The van der Waals surface area contributed by atoms with Crippen molar-refractivity contribution in [2.24, 2.45) is 0 Å². The fourth-order valence-corrected chi connectivity index (χ4v) is 3.69. The Kier molecular flexibility index (Phi) is 10.8. The van der Waals surface area contributed by atoms with Crippen LogP contribution in [0.3, 0.4) is 0 Å². The molecule has 5 nitrogen and oxygen atoms in total. The minimum atomic E-state index is -0.356. The monoisotopic (exact) mass is 471 g/mol. The number of carbonyl (C=O) groups is 1. The zero-order valence-corrected chi connectivity index (χ0v) is 20.2. The van der Waals surface area contributed by atoms with Crippen molar-refractivity contribution in [2.75, 3.05) is 12.6 Å². The normalized spacial score (nSPS) is 13.2. The standard InChI is InChI=1S/C26H31ClFN3O2/c1-5-7-13-22(21(6-2)14-15-27)25-24(18-32)26(33-30-25)23-17-29-31(20(23)4)19(3)12-10-8-9-11-16-28/h5,8-9,12-14,17-18H,1,6-7,10-11,15-16H2,2-4H3/b9-8-,19-12+,21-14-,22-13+. The summed E-state index contributed by atoms with van der Waals surface area (Å²) >= 11 is 5.96. The second-order valence-corrected chi connectivity index (χ2v) is 7.67. The van der Waals surface area contributed by atoms with Gasteiger partial charge in [0.2, 0.25) is 0 Å². The summed E-state index contributed by atoms with van der Waals surface area (Å²) in [6.45, 7) is 9.30. The van der Waals surface area contributed by atoms with E-state index in [4.69, 9.17) is 16.1 Å². The van der Waals surface area contributed by atoms with Gasteiger partial charge in [-0.25, -0.2) is 4.68 Å². The summed E-state index contributed by atoms with van der Waals surface area (Å²) in [5.74, 6) is 0.737. The summed E-state index contributed by atoms with van der Waals surface area (Å²) in [6, 6.07) is 0. The van der Waals surface area contributed by atoms with Crippen LogP contribution in [-0.4, -0.2) is 33.8 Å². The molecule has 0 aliphatic heterocycles. The smallest absolute Gasteiger partial charge is 0.181 e. The molecule has 0 saturated heterocycles. The average molecular weight is 472 g/mol. The lowest BCUT2D eigenvalue weighted by molar-refractivity contribution is 0.112. The number of hydrogen-bond donors (Lipinski definition) is 0. The largest absolute Gasteiger partial charge is 0.355 e. The van der Waals surface area contributed by atoms with E-state index in [9.17, 15) is 9.18 Å². The van der Waals surface area contributed by atoms with Gasteiger partial charge in [-0.05, 0) is 45.1 Å². The Hall–Kier alpha value is -2.99. The van der Waals surface area contributed by atoms with E-state index < -0.39 is 0 Å². The summed E-state index contributed by atoms with van der Waals surface area (Å²) in [4.78, 5) is 12.1. The first-order valence-electron chi connectivity index (χ1n) is 11.0.